The molecule has 1 aliphatic carbocycles. The third-order valence-corrected chi connectivity index (χ3v) is 9.21. The molecule has 1 amide bonds. The number of para-hydroxylation sites is 2. The highest BCUT2D eigenvalue weighted by Gasteiger charge is 2.43. The Morgan fingerprint density at radius 1 is 0.905 bits per heavy atom. The third-order valence-electron chi connectivity index (χ3n) is 8.39. The van der Waals surface area contributed by atoms with Gasteiger partial charge in [0.25, 0.3) is 0 Å². The summed E-state index contributed by atoms with van der Waals surface area (Å²) >= 11 is 19.2. The summed E-state index contributed by atoms with van der Waals surface area (Å²) in [6, 6.07) is 20.5. The van der Waals surface area contributed by atoms with Crippen LogP contribution in [0.25, 0.3) is 0 Å². The summed E-state index contributed by atoms with van der Waals surface area (Å²) in [6.45, 7) is 6.97. The second-order valence-electron chi connectivity index (χ2n) is 12.0. The molecule has 218 valence electrons. The molecule has 0 bridgehead atoms. The molecule has 6 rings (SSSR count). The fourth-order valence-corrected chi connectivity index (χ4v) is 7.02. The maximum atomic E-state index is 14.0. The Morgan fingerprint density at radius 3 is 2.31 bits per heavy atom. The van der Waals surface area contributed by atoms with E-state index in [-0.39, 0.29) is 23.7 Å². The summed E-state index contributed by atoms with van der Waals surface area (Å²) in [5, 5.41) is 5.28. The number of allylic oxidation sites excluding steroid dienone is 1. The summed E-state index contributed by atoms with van der Waals surface area (Å²) in [4.78, 5) is 34.2. The molecule has 1 saturated heterocycles. The normalized spacial score (nSPS) is 20.1. The molecule has 0 aromatic heterocycles. The van der Waals surface area contributed by atoms with Gasteiger partial charge in [0, 0.05) is 64.6 Å². The lowest BCUT2D eigenvalue weighted by Crippen LogP contribution is -2.52. The molecule has 1 atom stereocenters. The molecule has 0 spiro atoms. The van der Waals surface area contributed by atoms with Gasteiger partial charge in [-0.15, -0.1) is 0 Å². The first kappa shape index (κ1) is 28.9. The molecule has 0 saturated carbocycles. The third kappa shape index (κ3) is 5.72. The Hall–Kier alpha value is -3.19. The van der Waals surface area contributed by atoms with E-state index < -0.39 is 6.04 Å². The van der Waals surface area contributed by atoms with Crippen LogP contribution in [0.5, 0.6) is 0 Å². The summed E-state index contributed by atoms with van der Waals surface area (Å²) in [6.07, 6.45) is 1.12. The van der Waals surface area contributed by atoms with Crippen molar-refractivity contribution in [2.75, 3.05) is 47.8 Å². The number of rotatable bonds is 4. The van der Waals surface area contributed by atoms with Crippen LogP contribution in [-0.2, 0) is 9.59 Å². The summed E-state index contributed by atoms with van der Waals surface area (Å²) in [5.74, 6) is 0.0647. The number of benzene rings is 3. The first-order valence-electron chi connectivity index (χ1n) is 14.2. The highest BCUT2D eigenvalue weighted by Crippen LogP contribution is 2.49. The van der Waals surface area contributed by atoms with Crippen LogP contribution in [0.4, 0.5) is 17.1 Å². The fourth-order valence-electron chi connectivity index (χ4n) is 6.39. The van der Waals surface area contributed by atoms with Gasteiger partial charge in [-0.3, -0.25) is 9.59 Å². The minimum Gasteiger partial charge on any atom is -0.368 e. The number of Topliss-reactive ketones (excluding diaryl/α,β-unsaturated/α-hetero) is 1. The Kier molecular flexibility index (Phi) is 7.90. The van der Waals surface area contributed by atoms with Gasteiger partial charge in [0.2, 0.25) is 5.91 Å². The Bertz CT molecular complexity index is 1560. The van der Waals surface area contributed by atoms with Crippen LogP contribution < -0.4 is 15.1 Å². The topological polar surface area (TPSA) is 55.9 Å². The van der Waals surface area contributed by atoms with E-state index in [9.17, 15) is 9.59 Å². The minimum absolute atomic E-state index is 0.00304. The van der Waals surface area contributed by atoms with Gasteiger partial charge in [0.05, 0.1) is 24.0 Å². The maximum Gasteiger partial charge on any atom is 0.242 e. The molecule has 1 N–H and O–H groups in total. The molecule has 1 fully saturated rings. The van der Waals surface area contributed by atoms with Gasteiger partial charge >= 0.3 is 0 Å². The smallest absolute Gasteiger partial charge is 0.242 e. The van der Waals surface area contributed by atoms with Gasteiger partial charge in [-0.25, -0.2) is 0 Å². The Labute approximate surface area is 261 Å². The largest absolute Gasteiger partial charge is 0.368 e. The molecule has 42 heavy (non-hydrogen) atoms. The summed E-state index contributed by atoms with van der Waals surface area (Å²) in [7, 11) is 0. The molecule has 2 heterocycles. The van der Waals surface area contributed by atoms with Crippen LogP contribution in [-0.4, -0.2) is 49.3 Å². The first-order valence-corrected chi connectivity index (χ1v) is 15.4. The van der Waals surface area contributed by atoms with E-state index in [1.807, 2.05) is 64.4 Å². The monoisotopic (exact) mass is 622 g/mol. The number of carbonyl (C=O) groups is 2. The van der Waals surface area contributed by atoms with Crippen molar-refractivity contribution in [2.24, 2.45) is 5.41 Å². The van der Waals surface area contributed by atoms with Crippen LogP contribution in [0.2, 0.25) is 15.1 Å². The molecule has 2 aliphatic heterocycles. The Morgan fingerprint density at radius 2 is 1.60 bits per heavy atom. The van der Waals surface area contributed by atoms with Crippen LogP contribution in [0.3, 0.4) is 0 Å². The number of nitrogens with one attached hydrogen (secondary N) is 1. The summed E-state index contributed by atoms with van der Waals surface area (Å²) < 4.78 is 0. The minimum atomic E-state index is -0.552. The van der Waals surface area contributed by atoms with E-state index in [0.717, 1.165) is 41.4 Å². The zero-order valence-electron chi connectivity index (χ0n) is 23.7. The molecular weight excluding hydrogens is 591 g/mol. The second-order valence-corrected chi connectivity index (χ2v) is 13.3. The SMILES string of the molecule is CC1(C)CC(=O)C2=C(C1)Nc1ccccc1N(CC(=O)N1CCN(c3ccc(Cl)cc3)CC1)C2c1ccc(Cl)cc1Cl. The number of anilines is 3. The lowest BCUT2D eigenvalue weighted by molar-refractivity contribution is -0.130. The van der Waals surface area contributed by atoms with Gasteiger partial charge in [0.15, 0.2) is 5.78 Å². The number of piperazine rings is 1. The zero-order valence-corrected chi connectivity index (χ0v) is 25.9. The number of carbonyl (C=O) groups excluding carboxylic acids is 2. The molecule has 1 unspecified atom stereocenters. The van der Waals surface area contributed by atoms with Crippen molar-refractivity contribution in [3.8, 4) is 0 Å². The van der Waals surface area contributed by atoms with Crippen LogP contribution in [0.15, 0.2) is 78.0 Å². The van der Waals surface area contributed by atoms with Gasteiger partial charge in [0.1, 0.15) is 0 Å². The van der Waals surface area contributed by atoms with Gasteiger partial charge < -0.3 is 20.0 Å². The van der Waals surface area contributed by atoms with E-state index in [1.165, 1.54) is 0 Å². The van der Waals surface area contributed by atoms with E-state index in [4.69, 9.17) is 34.8 Å². The number of hydrogen-bond donors (Lipinski definition) is 1. The number of amides is 1. The molecular formula is C33H33Cl3N4O2. The lowest BCUT2D eigenvalue weighted by Gasteiger charge is -2.40. The Balaban J connectivity index is 1.36. The van der Waals surface area contributed by atoms with E-state index >= 15 is 0 Å². The summed E-state index contributed by atoms with van der Waals surface area (Å²) in [5.41, 5.74) is 4.91. The number of hydrogen-bond acceptors (Lipinski definition) is 5. The van der Waals surface area contributed by atoms with Crippen LogP contribution >= 0.6 is 34.8 Å². The van der Waals surface area contributed by atoms with E-state index in [0.29, 0.717) is 46.6 Å². The molecule has 6 nitrogen and oxygen atoms in total. The zero-order chi connectivity index (χ0) is 29.6. The predicted octanol–water partition coefficient (Wildman–Crippen LogP) is 7.61. The van der Waals surface area contributed by atoms with E-state index in [1.54, 1.807) is 12.1 Å². The predicted molar refractivity (Wildman–Crippen MR) is 172 cm³/mol. The van der Waals surface area contributed by atoms with Crippen LogP contribution in [0.1, 0.15) is 38.3 Å². The van der Waals surface area contributed by atoms with E-state index in [2.05, 4.69) is 24.1 Å². The number of nitrogens with zero attached hydrogens (tertiary/aromatic N) is 3. The highest BCUT2D eigenvalue weighted by atomic mass is 35.5. The van der Waals surface area contributed by atoms with Crippen molar-refractivity contribution in [3.05, 3.63) is 98.6 Å². The van der Waals surface area contributed by atoms with Crippen molar-refractivity contribution < 1.29 is 9.59 Å². The number of halogens is 3. The second kappa shape index (κ2) is 11.5. The fraction of sp³-hybridized carbons (Fsp3) is 0.333. The average Bonchev–Trinajstić information content (AvgIpc) is 3.07. The lowest BCUT2D eigenvalue weighted by atomic mass is 9.73. The number of fused-ring (bicyclic) bond motifs is 1. The van der Waals surface area contributed by atoms with Crippen molar-refractivity contribution in [1.29, 1.82) is 0 Å². The molecule has 9 heteroatoms. The van der Waals surface area contributed by atoms with Crippen molar-refractivity contribution >= 4 is 63.6 Å². The van der Waals surface area contributed by atoms with Gasteiger partial charge in [-0.05, 0) is 65.9 Å². The van der Waals surface area contributed by atoms with Crippen LogP contribution in [0, 0.1) is 5.41 Å². The van der Waals surface area contributed by atoms with Gasteiger partial charge in [-0.1, -0.05) is 66.8 Å². The molecule has 3 aliphatic rings. The van der Waals surface area contributed by atoms with Gasteiger partial charge in [-0.2, -0.15) is 0 Å². The maximum absolute atomic E-state index is 14.0. The van der Waals surface area contributed by atoms with Crippen molar-refractivity contribution in [3.63, 3.8) is 0 Å². The molecule has 3 aromatic rings. The van der Waals surface area contributed by atoms with Crippen molar-refractivity contribution in [2.45, 2.75) is 32.7 Å². The standard InChI is InChI=1S/C33H33Cl3N4O2/c1-33(2)18-27-31(29(41)19-33)32(24-12-9-22(35)17-25(24)36)40(28-6-4-3-5-26(28)37-27)20-30(42)39-15-13-38(14-16-39)23-10-7-21(34)8-11-23/h3-12,17,32,37H,13-16,18-20H2,1-2H3. The quantitative estimate of drug-likeness (QED) is 0.324. The molecule has 3 aromatic carbocycles. The number of ketones is 1. The first-order chi connectivity index (χ1) is 20.1. The highest BCUT2D eigenvalue weighted by molar-refractivity contribution is 6.35. The average molecular weight is 624 g/mol. The van der Waals surface area contributed by atoms with Crippen molar-refractivity contribution in [1.82, 2.24) is 4.90 Å². The molecule has 0 radical (unpaired) electrons.